The van der Waals surface area contributed by atoms with Crippen LogP contribution in [0.2, 0.25) is 0 Å². The predicted octanol–water partition coefficient (Wildman–Crippen LogP) is 4.52. The Bertz CT molecular complexity index is 593. The van der Waals surface area contributed by atoms with E-state index in [9.17, 15) is 4.79 Å². The van der Waals surface area contributed by atoms with Crippen molar-refractivity contribution in [1.82, 2.24) is 10.2 Å². The standard InChI is InChI=1S/C24H40N2O2/c1-6-26(7-2)15-8-14-25-23(27)17-22(20-11-9-19(3)10-12-20)21-13-16-28-24(4,5)18-21/h9-12,21-22H,6-8,13-18H2,1-5H3,(H,25,27). The van der Waals surface area contributed by atoms with Crippen molar-refractivity contribution in [1.29, 1.82) is 0 Å². The first-order valence-corrected chi connectivity index (χ1v) is 11.0. The first-order valence-electron chi connectivity index (χ1n) is 11.0. The molecule has 158 valence electrons. The molecule has 1 fully saturated rings. The number of amides is 1. The maximum Gasteiger partial charge on any atom is 0.220 e. The van der Waals surface area contributed by atoms with Crippen LogP contribution in [0, 0.1) is 12.8 Å². The summed E-state index contributed by atoms with van der Waals surface area (Å²) in [5.74, 6) is 0.911. The van der Waals surface area contributed by atoms with E-state index in [-0.39, 0.29) is 17.4 Å². The van der Waals surface area contributed by atoms with Crippen LogP contribution < -0.4 is 5.32 Å². The van der Waals surface area contributed by atoms with Crippen LogP contribution in [-0.4, -0.2) is 49.2 Å². The fourth-order valence-electron chi connectivity index (χ4n) is 4.33. The van der Waals surface area contributed by atoms with Crippen LogP contribution in [0.1, 0.15) is 70.4 Å². The number of hydrogen-bond acceptors (Lipinski definition) is 3. The van der Waals surface area contributed by atoms with E-state index in [0.29, 0.717) is 12.3 Å². The van der Waals surface area contributed by atoms with Gasteiger partial charge in [-0.1, -0.05) is 43.7 Å². The third-order valence-electron chi connectivity index (χ3n) is 6.08. The molecule has 1 amide bonds. The zero-order valence-electron chi connectivity index (χ0n) is 18.6. The van der Waals surface area contributed by atoms with Gasteiger partial charge in [-0.3, -0.25) is 4.79 Å². The highest BCUT2D eigenvalue weighted by Gasteiger charge is 2.35. The maximum absolute atomic E-state index is 12.7. The second-order valence-electron chi connectivity index (χ2n) is 8.81. The van der Waals surface area contributed by atoms with E-state index in [1.54, 1.807) is 0 Å². The van der Waals surface area contributed by atoms with Gasteiger partial charge in [0.25, 0.3) is 0 Å². The molecular formula is C24H40N2O2. The van der Waals surface area contributed by atoms with Crippen molar-refractivity contribution < 1.29 is 9.53 Å². The van der Waals surface area contributed by atoms with Crippen LogP contribution in [0.25, 0.3) is 0 Å². The topological polar surface area (TPSA) is 41.6 Å². The van der Waals surface area contributed by atoms with Crippen molar-refractivity contribution in [2.45, 2.75) is 71.8 Å². The summed E-state index contributed by atoms with van der Waals surface area (Å²) in [7, 11) is 0. The van der Waals surface area contributed by atoms with Gasteiger partial charge in [0.15, 0.2) is 0 Å². The first kappa shape index (κ1) is 22.9. The Morgan fingerprint density at radius 2 is 1.93 bits per heavy atom. The lowest BCUT2D eigenvalue weighted by molar-refractivity contribution is -0.123. The van der Waals surface area contributed by atoms with Crippen molar-refractivity contribution in [3.8, 4) is 0 Å². The molecule has 1 aromatic carbocycles. The molecule has 4 nitrogen and oxygen atoms in total. The van der Waals surface area contributed by atoms with Gasteiger partial charge >= 0.3 is 0 Å². The second-order valence-corrected chi connectivity index (χ2v) is 8.81. The normalized spacial score (nSPS) is 20.1. The molecule has 2 rings (SSSR count). The van der Waals surface area contributed by atoms with Crippen LogP contribution in [0.3, 0.4) is 0 Å². The summed E-state index contributed by atoms with van der Waals surface area (Å²) in [6.45, 7) is 15.5. The summed E-state index contributed by atoms with van der Waals surface area (Å²) < 4.78 is 5.92. The second kappa shape index (κ2) is 11.0. The number of carbonyl (C=O) groups is 1. The minimum atomic E-state index is -0.105. The van der Waals surface area contributed by atoms with E-state index < -0.39 is 0 Å². The summed E-state index contributed by atoms with van der Waals surface area (Å²) in [4.78, 5) is 15.1. The maximum atomic E-state index is 12.7. The zero-order valence-corrected chi connectivity index (χ0v) is 18.6. The molecule has 1 aliphatic rings. The smallest absolute Gasteiger partial charge is 0.220 e. The van der Waals surface area contributed by atoms with Crippen molar-refractivity contribution in [3.63, 3.8) is 0 Å². The molecule has 2 unspecified atom stereocenters. The minimum absolute atomic E-state index is 0.105. The van der Waals surface area contributed by atoms with E-state index in [1.165, 1.54) is 11.1 Å². The lowest BCUT2D eigenvalue weighted by Crippen LogP contribution is -2.38. The van der Waals surface area contributed by atoms with Gasteiger partial charge in [-0.2, -0.15) is 0 Å². The van der Waals surface area contributed by atoms with Gasteiger partial charge in [-0.05, 0) is 77.1 Å². The third-order valence-corrected chi connectivity index (χ3v) is 6.08. The van der Waals surface area contributed by atoms with Gasteiger partial charge in [0.05, 0.1) is 5.60 Å². The van der Waals surface area contributed by atoms with Gasteiger partial charge in [0.1, 0.15) is 0 Å². The summed E-state index contributed by atoms with van der Waals surface area (Å²) in [5.41, 5.74) is 2.44. The Morgan fingerprint density at radius 1 is 1.25 bits per heavy atom. The van der Waals surface area contributed by atoms with Gasteiger partial charge < -0.3 is 15.0 Å². The van der Waals surface area contributed by atoms with Crippen LogP contribution in [-0.2, 0) is 9.53 Å². The molecule has 4 heteroatoms. The molecular weight excluding hydrogens is 348 g/mol. The number of nitrogens with one attached hydrogen (secondary N) is 1. The summed E-state index contributed by atoms with van der Waals surface area (Å²) in [6, 6.07) is 8.73. The summed E-state index contributed by atoms with van der Waals surface area (Å²) in [5, 5.41) is 3.16. The fourth-order valence-corrected chi connectivity index (χ4v) is 4.33. The number of ether oxygens (including phenoxy) is 1. The number of rotatable bonds is 10. The van der Waals surface area contributed by atoms with Crippen molar-refractivity contribution in [2.24, 2.45) is 5.92 Å². The van der Waals surface area contributed by atoms with Gasteiger partial charge in [0, 0.05) is 19.6 Å². The summed E-state index contributed by atoms with van der Waals surface area (Å²) in [6.07, 6.45) is 3.60. The van der Waals surface area contributed by atoms with Crippen LogP contribution in [0.4, 0.5) is 0 Å². The zero-order chi connectivity index (χ0) is 20.6. The monoisotopic (exact) mass is 388 g/mol. The van der Waals surface area contributed by atoms with E-state index in [4.69, 9.17) is 4.74 Å². The van der Waals surface area contributed by atoms with Crippen LogP contribution >= 0.6 is 0 Å². The predicted molar refractivity (Wildman–Crippen MR) is 117 cm³/mol. The minimum Gasteiger partial charge on any atom is -0.376 e. The number of hydrogen-bond donors (Lipinski definition) is 1. The molecule has 0 spiro atoms. The molecule has 1 N–H and O–H groups in total. The Morgan fingerprint density at radius 3 is 2.54 bits per heavy atom. The SMILES string of the molecule is CCN(CC)CCCNC(=O)CC(c1ccc(C)cc1)C1CCOC(C)(C)C1. The highest BCUT2D eigenvalue weighted by Crippen LogP contribution is 2.40. The number of carbonyl (C=O) groups excluding carboxylic acids is 1. The van der Waals surface area contributed by atoms with Crippen LogP contribution in [0.5, 0.6) is 0 Å². The number of benzene rings is 1. The van der Waals surface area contributed by atoms with Crippen molar-refractivity contribution in [2.75, 3.05) is 32.8 Å². The average molecular weight is 389 g/mol. The highest BCUT2D eigenvalue weighted by atomic mass is 16.5. The average Bonchev–Trinajstić information content (AvgIpc) is 2.66. The van der Waals surface area contributed by atoms with Gasteiger partial charge in [-0.25, -0.2) is 0 Å². The lowest BCUT2D eigenvalue weighted by atomic mass is 9.75. The van der Waals surface area contributed by atoms with E-state index in [2.05, 4.69) is 69.1 Å². The number of aryl methyl sites for hydroxylation is 1. The molecule has 1 aromatic rings. The van der Waals surface area contributed by atoms with Gasteiger partial charge in [-0.15, -0.1) is 0 Å². The van der Waals surface area contributed by atoms with E-state index >= 15 is 0 Å². The Hall–Kier alpha value is -1.39. The molecule has 1 heterocycles. The largest absolute Gasteiger partial charge is 0.376 e. The van der Waals surface area contributed by atoms with Gasteiger partial charge in [0.2, 0.25) is 5.91 Å². The van der Waals surface area contributed by atoms with Crippen molar-refractivity contribution in [3.05, 3.63) is 35.4 Å². The molecule has 0 radical (unpaired) electrons. The highest BCUT2D eigenvalue weighted by molar-refractivity contribution is 5.76. The molecule has 1 aliphatic heterocycles. The molecule has 0 saturated carbocycles. The first-order chi connectivity index (χ1) is 13.3. The molecule has 28 heavy (non-hydrogen) atoms. The molecule has 1 saturated heterocycles. The van der Waals surface area contributed by atoms with E-state index in [0.717, 1.165) is 52.0 Å². The Labute approximate surface area is 172 Å². The molecule has 0 bridgehead atoms. The Kier molecular flexibility index (Phi) is 8.97. The van der Waals surface area contributed by atoms with Crippen molar-refractivity contribution >= 4 is 5.91 Å². The summed E-state index contributed by atoms with van der Waals surface area (Å²) >= 11 is 0. The fraction of sp³-hybridized carbons (Fsp3) is 0.708. The molecule has 0 aliphatic carbocycles. The third kappa shape index (κ3) is 7.21. The Balaban J connectivity index is 1.97. The molecule has 0 aromatic heterocycles. The van der Waals surface area contributed by atoms with E-state index in [1.807, 2.05) is 0 Å². The molecule has 2 atom stereocenters. The number of nitrogens with zero attached hydrogens (tertiary/aromatic N) is 1. The quantitative estimate of drug-likeness (QED) is 0.599. The lowest BCUT2D eigenvalue weighted by Gasteiger charge is -2.39. The van der Waals surface area contributed by atoms with Crippen LogP contribution in [0.15, 0.2) is 24.3 Å².